The van der Waals surface area contributed by atoms with Crippen LogP contribution in [-0.4, -0.2) is 28.2 Å². The summed E-state index contributed by atoms with van der Waals surface area (Å²) in [4.78, 5) is 0. The molecule has 274 valence electrons. The van der Waals surface area contributed by atoms with E-state index in [4.69, 9.17) is 21.5 Å². The first-order valence-electron chi connectivity index (χ1n) is 18.3. The van der Waals surface area contributed by atoms with Gasteiger partial charge < -0.3 is 26.8 Å². The quantitative estimate of drug-likeness (QED) is 0.187. The number of fused-ring (bicyclic) bond motifs is 14. The van der Waals surface area contributed by atoms with Crippen LogP contribution in [0.3, 0.4) is 0 Å². The Morgan fingerprint density at radius 2 is 0.982 bits per heavy atom. The number of hydrogen-bond acceptors (Lipinski definition) is 7. The summed E-state index contributed by atoms with van der Waals surface area (Å²) in [7, 11) is 6.11. The lowest BCUT2D eigenvalue weighted by Crippen LogP contribution is -2.02. The van der Waals surface area contributed by atoms with E-state index in [9.17, 15) is 0 Å². The molecule has 0 aliphatic rings. The first-order valence-corrected chi connectivity index (χ1v) is 20.2. The minimum atomic E-state index is -1.44. The van der Waals surface area contributed by atoms with Crippen LogP contribution < -0.4 is 9.99 Å². The van der Waals surface area contributed by atoms with Gasteiger partial charge in [0.15, 0.2) is 0 Å². The van der Waals surface area contributed by atoms with Gasteiger partial charge in [-0.1, -0.05) is 109 Å². The van der Waals surface area contributed by atoms with Gasteiger partial charge in [0, 0.05) is 46.8 Å². The van der Waals surface area contributed by atoms with Crippen LogP contribution in [0.1, 0.15) is 11.1 Å². The van der Waals surface area contributed by atoms with Crippen molar-refractivity contribution in [1.29, 1.82) is 0 Å². The van der Waals surface area contributed by atoms with E-state index in [-0.39, 0.29) is 8.67 Å². The Bertz CT molecular complexity index is 3140. The minimum Gasteiger partial charge on any atom is -0.421 e. The normalized spacial score (nSPS) is 12.2. The number of nitrogens with zero attached hydrogens (tertiary/aromatic N) is 1. The van der Waals surface area contributed by atoms with Gasteiger partial charge in [-0.25, -0.2) is 4.67 Å². The Kier molecular flexibility index (Phi) is 9.57. The van der Waals surface area contributed by atoms with E-state index < -0.39 is 8.16 Å². The van der Waals surface area contributed by atoms with Crippen molar-refractivity contribution in [2.24, 2.45) is 0 Å². The fourth-order valence-electron chi connectivity index (χ4n) is 7.61. The molecule has 8 aromatic carbocycles. The summed E-state index contributed by atoms with van der Waals surface area (Å²) in [6.45, 7) is 0.654. The number of benzene rings is 8. The van der Waals surface area contributed by atoms with Crippen LogP contribution >= 0.6 is 16.8 Å². The molecule has 0 aliphatic heterocycles. The molecule has 9 heteroatoms. The summed E-state index contributed by atoms with van der Waals surface area (Å²) in [6, 6.07) is 46.6. The van der Waals surface area contributed by atoms with Crippen molar-refractivity contribution in [2.75, 3.05) is 32.9 Å². The lowest BCUT2D eigenvalue weighted by Gasteiger charge is -2.12. The van der Waals surface area contributed by atoms with E-state index in [1.807, 2.05) is 32.9 Å². The van der Waals surface area contributed by atoms with Gasteiger partial charge in [0.2, 0.25) is 8.67 Å². The van der Waals surface area contributed by atoms with Crippen molar-refractivity contribution in [3.8, 4) is 0 Å². The Morgan fingerprint density at radius 3 is 1.55 bits per heavy atom. The summed E-state index contributed by atoms with van der Waals surface area (Å²) in [6.07, 6.45) is 0. The van der Waals surface area contributed by atoms with E-state index in [0.717, 1.165) is 98.1 Å². The van der Waals surface area contributed by atoms with Gasteiger partial charge in [0.1, 0.15) is 22.3 Å². The highest BCUT2D eigenvalue weighted by molar-refractivity contribution is 7.38. The molecule has 2 atom stereocenters. The molecule has 2 heterocycles. The average molecular weight is 763 g/mol. The Balaban J connectivity index is 0.00000128. The molecular formula is C46H40N2O5P2. The maximum absolute atomic E-state index is 6.88. The summed E-state index contributed by atoms with van der Waals surface area (Å²) >= 11 is 0. The molecule has 0 saturated heterocycles. The predicted octanol–water partition coefficient (Wildman–Crippen LogP) is 13.3. The molecule has 10 aromatic rings. The van der Waals surface area contributed by atoms with Crippen molar-refractivity contribution in [1.82, 2.24) is 5.32 Å². The van der Waals surface area contributed by atoms with Crippen molar-refractivity contribution in [3.05, 3.63) is 145 Å². The maximum Gasteiger partial charge on any atom is 0.309 e. The molecule has 0 radical (unpaired) electrons. The molecule has 0 saturated carbocycles. The fourth-order valence-corrected chi connectivity index (χ4v) is 9.27. The zero-order chi connectivity index (χ0) is 37.5. The number of ether oxygens (including phenoxy) is 1. The Morgan fingerprint density at radius 1 is 0.527 bits per heavy atom. The second-order valence-electron chi connectivity index (χ2n) is 13.8. The summed E-state index contributed by atoms with van der Waals surface area (Å²) < 4.78 is 35.0. The number of rotatable bonds is 5. The van der Waals surface area contributed by atoms with E-state index in [1.54, 1.807) is 0 Å². The van der Waals surface area contributed by atoms with Gasteiger partial charge in [-0.15, -0.1) is 0 Å². The van der Waals surface area contributed by atoms with Crippen molar-refractivity contribution in [3.63, 3.8) is 0 Å². The zero-order valence-electron chi connectivity index (χ0n) is 31.1. The van der Waals surface area contributed by atoms with Crippen LogP contribution in [0.15, 0.2) is 150 Å². The molecule has 0 amide bonds. The second-order valence-corrected chi connectivity index (χ2v) is 16.0. The van der Waals surface area contributed by atoms with Gasteiger partial charge in [0.25, 0.3) is 0 Å². The maximum atomic E-state index is 6.88. The van der Waals surface area contributed by atoms with E-state index in [1.165, 1.54) is 0 Å². The summed E-state index contributed by atoms with van der Waals surface area (Å²) in [5, 5.41) is 15.9. The van der Waals surface area contributed by atoms with Crippen molar-refractivity contribution in [2.45, 2.75) is 13.2 Å². The highest BCUT2D eigenvalue weighted by Crippen LogP contribution is 2.43. The SMILES string of the molecule is CN(C)p1oc2ccc3ccccc3c2c2c(o1)c(COCc1cc3ccccc3c3c1o[pH]oc1ccc4ccccc4c13)cc1ccccc12.CNC. The van der Waals surface area contributed by atoms with Crippen LogP contribution in [0.5, 0.6) is 0 Å². The molecule has 0 spiro atoms. The average Bonchev–Trinajstić information content (AvgIpc) is 3.53. The molecule has 10 rings (SSSR count). The van der Waals surface area contributed by atoms with E-state index in [0.29, 0.717) is 13.2 Å². The summed E-state index contributed by atoms with van der Waals surface area (Å²) in [5.41, 5.74) is 5.15. The first kappa shape index (κ1) is 35.2. The third kappa shape index (κ3) is 6.34. The molecule has 0 fully saturated rings. The molecule has 0 bridgehead atoms. The van der Waals surface area contributed by atoms with Gasteiger partial charge >= 0.3 is 8.16 Å². The zero-order valence-corrected chi connectivity index (χ0v) is 32.9. The van der Waals surface area contributed by atoms with E-state index >= 15 is 0 Å². The van der Waals surface area contributed by atoms with Crippen LogP contribution in [0.2, 0.25) is 0 Å². The Hall–Kier alpha value is -5.52. The first-order chi connectivity index (χ1) is 27.0. The molecule has 2 aromatic heterocycles. The second kappa shape index (κ2) is 15.0. The minimum absolute atomic E-state index is 0.186. The molecule has 55 heavy (non-hydrogen) atoms. The highest BCUT2D eigenvalue weighted by atomic mass is 31.1. The van der Waals surface area contributed by atoms with Crippen LogP contribution in [0.25, 0.3) is 87.0 Å². The Labute approximate surface area is 320 Å². The third-order valence-corrected chi connectivity index (χ3v) is 11.9. The monoisotopic (exact) mass is 762 g/mol. The van der Waals surface area contributed by atoms with Gasteiger partial charge in [-0.05, 0) is 81.5 Å². The number of hydrogen-bond donors (Lipinski definition) is 1. The van der Waals surface area contributed by atoms with Crippen molar-refractivity contribution < 1.29 is 21.5 Å². The summed E-state index contributed by atoms with van der Waals surface area (Å²) in [5.74, 6) is 0. The molecule has 0 aliphatic carbocycles. The van der Waals surface area contributed by atoms with Crippen molar-refractivity contribution >= 4 is 104 Å². The topological polar surface area (TPSA) is 77.1 Å². The molecule has 2 unspecified atom stereocenters. The molecular weight excluding hydrogens is 722 g/mol. The smallest absolute Gasteiger partial charge is 0.309 e. The molecule has 7 nitrogen and oxygen atoms in total. The third-order valence-electron chi connectivity index (χ3n) is 9.92. The largest absolute Gasteiger partial charge is 0.421 e. The van der Waals surface area contributed by atoms with Gasteiger partial charge in [-0.2, -0.15) is 0 Å². The lowest BCUT2D eigenvalue weighted by atomic mass is 9.96. The van der Waals surface area contributed by atoms with Gasteiger partial charge in [-0.3, -0.25) is 0 Å². The fraction of sp³-hybridized carbons (Fsp3) is 0.130. The highest BCUT2D eigenvalue weighted by Gasteiger charge is 2.19. The lowest BCUT2D eigenvalue weighted by molar-refractivity contribution is 0.108. The van der Waals surface area contributed by atoms with E-state index in [2.05, 4.69) is 139 Å². The van der Waals surface area contributed by atoms with Crippen LogP contribution in [0.4, 0.5) is 0 Å². The van der Waals surface area contributed by atoms with Gasteiger partial charge in [0.05, 0.1) is 13.2 Å². The standard InChI is InChI=1S/C44H33NO5P2.C2H7N/c1-45(2)52-49-38-22-20-28-12-4-8-16-34(28)40(38)42-36-18-10-6-14-30(36)24-32(44(42)50-52)26-46-25-31-23-29-13-5-9-17-35(29)41-39-33-15-7-3-11-27(33)19-21-37(39)47-51-48-43(31)41;1-3-2/h3-24,51H,25-26H2,1-2H3;3H,1-2H3. The van der Waals surface area contributed by atoms with Crippen LogP contribution in [-0.2, 0) is 18.0 Å². The van der Waals surface area contributed by atoms with Crippen LogP contribution in [0, 0.1) is 0 Å². The number of nitrogens with one attached hydrogen (secondary N) is 1. The molecule has 1 N–H and O–H groups in total. The predicted molar refractivity (Wildman–Crippen MR) is 233 cm³/mol.